The van der Waals surface area contributed by atoms with E-state index >= 15 is 0 Å². The molecule has 0 bridgehead atoms. The zero-order valence-corrected chi connectivity index (χ0v) is 18.2. The van der Waals surface area contributed by atoms with E-state index < -0.39 is 0 Å². The highest BCUT2D eigenvalue weighted by Crippen LogP contribution is 2.33. The third-order valence-electron chi connectivity index (χ3n) is 4.53. The molecule has 1 amide bonds. The number of nitrogens with one attached hydrogen (secondary N) is 2. The summed E-state index contributed by atoms with van der Waals surface area (Å²) in [5.41, 5.74) is 4.57. The molecule has 0 aliphatic rings. The lowest BCUT2D eigenvalue weighted by Crippen LogP contribution is -2.29. The van der Waals surface area contributed by atoms with Crippen molar-refractivity contribution in [1.29, 1.82) is 0 Å². The van der Waals surface area contributed by atoms with Gasteiger partial charge in [0.15, 0.2) is 0 Å². The maximum atomic E-state index is 12.8. The zero-order chi connectivity index (χ0) is 19.7. The normalized spacial score (nSPS) is 11.1. The van der Waals surface area contributed by atoms with Gasteiger partial charge in [-0.3, -0.25) is 9.59 Å². The Bertz CT molecular complexity index is 1090. The van der Waals surface area contributed by atoms with Crippen LogP contribution in [0, 0.1) is 20.8 Å². The van der Waals surface area contributed by atoms with E-state index in [-0.39, 0.29) is 18.0 Å². The second-order valence-corrected chi connectivity index (χ2v) is 8.72. The molecular formula is C20H22BrN3O2S. The predicted molar refractivity (Wildman–Crippen MR) is 114 cm³/mol. The molecule has 5 nitrogen and oxygen atoms in total. The summed E-state index contributed by atoms with van der Waals surface area (Å²) in [6, 6.07) is 3.81. The molecule has 0 spiro atoms. The molecule has 0 saturated carbocycles. The number of H-pyrrole nitrogens is 1. The van der Waals surface area contributed by atoms with Gasteiger partial charge in [0, 0.05) is 27.8 Å². The molecule has 0 atom stereocenters. The summed E-state index contributed by atoms with van der Waals surface area (Å²) in [5.74, 6) is -0.205. The Morgan fingerprint density at radius 2 is 2.04 bits per heavy atom. The van der Waals surface area contributed by atoms with E-state index in [1.54, 1.807) is 11.3 Å². The first-order valence-corrected chi connectivity index (χ1v) is 10.5. The number of hydrogen-bond acceptors (Lipinski definition) is 4. The molecule has 27 heavy (non-hydrogen) atoms. The van der Waals surface area contributed by atoms with Crippen LogP contribution in [0.15, 0.2) is 21.4 Å². The summed E-state index contributed by atoms with van der Waals surface area (Å²) in [6.45, 7) is 8.01. The number of nitrogens with zero attached hydrogens (tertiary/aromatic N) is 1. The number of fused-ring (bicyclic) bond motifs is 1. The third-order valence-corrected chi connectivity index (χ3v) is 6.43. The number of rotatable bonds is 5. The molecule has 2 aromatic heterocycles. The maximum Gasteiger partial charge on any atom is 0.253 e. The van der Waals surface area contributed by atoms with Crippen molar-refractivity contribution < 1.29 is 4.79 Å². The molecule has 3 aromatic rings. The Morgan fingerprint density at radius 3 is 2.74 bits per heavy atom. The van der Waals surface area contributed by atoms with Gasteiger partial charge in [0.1, 0.15) is 0 Å². The Labute approximate surface area is 170 Å². The van der Waals surface area contributed by atoms with Crippen LogP contribution >= 0.6 is 27.3 Å². The molecule has 0 unspecified atom stereocenters. The summed E-state index contributed by atoms with van der Waals surface area (Å²) in [5, 5.41) is 3.87. The first kappa shape index (κ1) is 19.8. The highest BCUT2D eigenvalue weighted by atomic mass is 79.9. The smallest absolute Gasteiger partial charge is 0.253 e. The van der Waals surface area contributed by atoms with E-state index in [9.17, 15) is 9.59 Å². The van der Waals surface area contributed by atoms with Crippen molar-refractivity contribution in [2.24, 2.45) is 0 Å². The van der Waals surface area contributed by atoms with Crippen LogP contribution < -0.4 is 10.9 Å². The molecular weight excluding hydrogens is 426 g/mol. The van der Waals surface area contributed by atoms with Gasteiger partial charge in [0.05, 0.1) is 15.2 Å². The van der Waals surface area contributed by atoms with Gasteiger partial charge < -0.3 is 10.3 Å². The summed E-state index contributed by atoms with van der Waals surface area (Å²) in [7, 11) is 0. The fraction of sp³-hybridized carbons (Fsp3) is 0.350. The maximum absolute atomic E-state index is 12.8. The highest BCUT2D eigenvalue weighted by Gasteiger charge is 2.18. The molecule has 3 rings (SSSR count). The number of pyridine rings is 1. The molecule has 2 N–H and O–H groups in total. The molecule has 0 saturated heterocycles. The molecule has 2 heterocycles. The van der Waals surface area contributed by atoms with Gasteiger partial charge in [-0.2, -0.15) is 0 Å². The van der Waals surface area contributed by atoms with E-state index in [0.717, 1.165) is 49.4 Å². The largest absolute Gasteiger partial charge is 0.348 e. The van der Waals surface area contributed by atoms with Crippen LogP contribution in [-0.4, -0.2) is 15.9 Å². The zero-order valence-electron chi connectivity index (χ0n) is 15.8. The van der Waals surface area contributed by atoms with Gasteiger partial charge in [-0.25, -0.2) is 4.98 Å². The predicted octanol–water partition coefficient (Wildman–Crippen LogP) is 4.55. The van der Waals surface area contributed by atoms with Gasteiger partial charge in [-0.15, -0.1) is 11.3 Å². The molecule has 0 radical (unpaired) electrons. The lowest BCUT2D eigenvalue weighted by molar-refractivity contribution is 0.0950. The van der Waals surface area contributed by atoms with Crippen LogP contribution in [-0.2, 0) is 13.0 Å². The van der Waals surface area contributed by atoms with Crippen LogP contribution in [0.25, 0.3) is 10.2 Å². The molecule has 7 heteroatoms. The molecule has 1 aromatic carbocycles. The summed E-state index contributed by atoms with van der Waals surface area (Å²) >= 11 is 5.15. The van der Waals surface area contributed by atoms with E-state index in [2.05, 4.69) is 38.1 Å². The van der Waals surface area contributed by atoms with Crippen molar-refractivity contribution in [2.75, 3.05) is 0 Å². The Morgan fingerprint density at radius 1 is 1.30 bits per heavy atom. The summed E-state index contributed by atoms with van der Waals surface area (Å²) in [4.78, 5) is 32.6. The van der Waals surface area contributed by atoms with Crippen LogP contribution in [0.4, 0.5) is 0 Å². The average Bonchev–Trinajstić information content (AvgIpc) is 3.00. The molecule has 0 aliphatic heterocycles. The van der Waals surface area contributed by atoms with Crippen molar-refractivity contribution in [3.63, 3.8) is 0 Å². The first-order valence-electron chi connectivity index (χ1n) is 8.88. The van der Waals surface area contributed by atoms with E-state index in [4.69, 9.17) is 0 Å². The minimum atomic E-state index is -0.205. The number of thiazole rings is 1. The van der Waals surface area contributed by atoms with E-state index in [1.165, 1.54) is 0 Å². The van der Waals surface area contributed by atoms with Gasteiger partial charge in [0.25, 0.3) is 11.5 Å². The standard InChI is InChI=1S/C20H22BrN3O2S/c1-5-6-13-7-10(2)23-20(26)15(13)9-22-19(25)14-8-16(21)18-17(11(14)3)24-12(4)27-18/h7-8H,5-6,9H2,1-4H3,(H,22,25)(H,23,26). The van der Waals surface area contributed by atoms with Crippen molar-refractivity contribution >= 4 is 43.4 Å². The van der Waals surface area contributed by atoms with Crippen molar-refractivity contribution in [2.45, 2.75) is 47.1 Å². The highest BCUT2D eigenvalue weighted by molar-refractivity contribution is 9.10. The number of carbonyl (C=O) groups excluding carboxylic acids is 1. The van der Waals surface area contributed by atoms with Crippen molar-refractivity contribution in [3.8, 4) is 0 Å². The molecule has 0 fully saturated rings. The fourth-order valence-electron chi connectivity index (χ4n) is 3.24. The fourth-order valence-corrected chi connectivity index (χ4v) is 4.79. The average molecular weight is 448 g/mol. The van der Waals surface area contributed by atoms with Crippen LogP contribution in [0.5, 0.6) is 0 Å². The number of aromatic nitrogens is 2. The van der Waals surface area contributed by atoms with Gasteiger partial charge >= 0.3 is 0 Å². The van der Waals surface area contributed by atoms with Gasteiger partial charge in [0.2, 0.25) is 0 Å². The quantitative estimate of drug-likeness (QED) is 0.601. The molecule has 0 aliphatic carbocycles. The monoisotopic (exact) mass is 447 g/mol. The summed E-state index contributed by atoms with van der Waals surface area (Å²) in [6.07, 6.45) is 1.75. The SMILES string of the molecule is CCCc1cc(C)[nH]c(=O)c1CNC(=O)c1cc(Br)c2sc(C)nc2c1C. The first-order chi connectivity index (χ1) is 12.8. The summed E-state index contributed by atoms with van der Waals surface area (Å²) < 4.78 is 1.90. The number of hydrogen-bond donors (Lipinski definition) is 2. The number of halogens is 1. The van der Waals surface area contributed by atoms with Crippen LogP contribution in [0.1, 0.15) is 51.1 Å². The number of carbonyl (C=O) groups is 1. The second-order valence-electron chi connectivity index (χ2n) is 6.66. The number of amides is 1. The minimum absolute atomic E-state index is 0.137. The van der Waals surface area contributed by atoms with Gasteiger partial charge in [-0.05, 0) is 66.4 Å². The van der Waals surface area contributed by atoms with Gasteiger partial charge in [-0.1, -0.05) is 13.3 Å². The van der Waals surface area contributed by atoms with Crippen molar-refractivity contribution in [3.05, 3.63) is 59.9 Å². The second kappa shape index (κ2) is 7.94. The number of aryl methyl sites for hydroxylation is 4. The Kier molecular flexibility index (Phi) is 5.81. The minimum Gasteiger partial charge on any atom is -0.348 e. The lowest BCUT2D eigenvalue weighted by atomic mass is 10.0. The van der Waals surface area contributed by atoms with Crippen molar-refractivity contribution in [1.82, 2.24) is 15.3 Å². The number of benzene rings is 1. The topological polar surface area (TPSA) is 74.8 Å². The molecule has 142 valence electrons. The van der Waals surface area contributed by atoms with E-state index in [0.29, 0.717) is 11.1 Å². The number of aromatic amines is 1. The Hall–Kier alpha value is -1.99. The lowest BCUT2D eigenvalue weighted by Gasteiger charge is -2.12. The Balaban J connectivity index is 1.90. The third kappa shape index (κ3) is 3.99. The van der Waals surface area contributed by atoms with Crippen LogP contribution in [0.2, 0.25) is 0 Å². The van der Waals surface area contributed by atoms with Crippen LogP contribution in [0.3, 0.4) is 0 Å². The van der Waals surface area contributed by atoms with E-state index in [1.807, 2.05) is 32.9 Å².